The molecule has 0 aliphatic carbocycles. The molecule has 0 unspecified atom stereocenters. The van der Waals surface area contributed by atoms with Gasteiger partial charge in [0.15, 0.2) is 11.5 Å². The summed E-state index contributed by atoms with van der Waals surface area (Å²) in [5.41, 5.74) is 5.59. The van der Waals surface area contributed by atoms with Crippen LogP contribution in [0.5, 0.6) is 11.5 Å². The third kappa shape index (κ3) is 6.32. The third-order valence-corrected chi connectivity index (χ3v) is 5.86. The Morgan fingerprint density at radius 2 is 1.70 bits per heavy atom. The van der Waals surface area contributed by atoms with Crippen molar-refractivity contribution in [3.8, 4) is 11.5 Å². The van der Waals surface area contributed by atoms with Gasteiger partial charge in [0.2, 0.25) is 0 Å². The molecule has 188 valence electrons. The molecule has 0 fully saturated rings. The molecule has 0 bridgehead atoms. The number of hydrogen-bond donors (Lipinski definition) is 2. The second kappa shape index (κ2) is 11.9. The molecule has 1 aromatic heterocycles. The smallest absolute Gasteiger partial charge is 0.256 e. The van der Waals surface area contributed by atoms with Crippen LogP contribution in [0.2, 0.25) is 0 Å². The average Bonchev–Trinajstić information content (AvgIpc) is 2.92. The predicted molar refractivity (Wildman–Crippen MR) is 148 cm³/mol. The van der Waals surface area contributed by atoms with Crippen molar-refractivity contribution in [3.63, 3.8) is 0 Å². The van der Waals surface area contributed by atoms with E-state index in [9.17, 15) is 4.79 Å². The zero-order valence-corrected chi connectivity index (χ0v) is 21.4. The van der Waals surface area contributed by atoms with Crippen LogP contribution in [0.15, 0.2) is 79.1 Å². The molecule has 0 saturated carbocycles. The molecule has 4 aromatic rings. The maximum Gasteiger partial charge on any atom is 0.256 e. The molecule has 4 rings (SSSR count). The van der Waals surface area contributed by atoms with Gasteiger partial charge in [-0.1, -0.05) is 49.4 Å². The lowest BCUT2D eigenvalue weighted by atomic mass is 10.0. The molecule has 7 nitrogen and oxygen atoms in total. The minimum absolute atomic E-state index is 0.217. The molecule has 0 atom stereocenters. The Labute approximate surface area is 217 Å². The predicted octanol–water partition coefficient (Wildman–Crippen LogP) is 6.29. The van der Waals surface area contributed by atoms with Crippen LogP contribution in [0.3, 0.4) is 0 Å². The van der Waals surface area contributed by atoms with Crippen molar-refractivity contribution < 1.29 is 14.3 Å². The number of carbonyl (C=O) groups excluding carboxylic acids is 1. The molecule has 7 heteroatoms. The fraction of sp³-hybridized carbons (Fsp3) is 0.167. The van der Waals surface area contributed by atoms with Crippen LogP contribution >= 0.6 is 0 Å². The van der Waals surface area contributed by atoms with Crippen molar-refractivity contribution in [1.29, 1.82) is 0 Å². The van der Waals surface area contributed by atoms with Crippen LogP contribution in [0.25, 0.3) is 11.6 Å². The fourth-order valence-corrected chi connectivity index (χ4v) is 3.95. The van der Waals surface area contributed by atoms with Crippen molar-refractivity contribution in [3.05, 3.63) is 102 Å². The SMILES string of the molecule is CCc1ccc(Nc2cc(C)ncn2)cc1NC(=O)/C(=C/c1ccc(OC)c(OC)c1)c1ccccc1. The fourth-order valence-electron chi connectivity index (χ4n) is 3.95. The first-order chi connectivity index (χ1) is 18.0. The molecule has 3 aromatic carbocycles. The van der Waals surface area contributed by atoms with Gasteiger partial charge in [-0.2, -0.15) is 0 Å². The first-order valence-corrected chi connectivity index (χ1v) is 12.0. The van der Waals surface area contributed by atoms with Crippen molar-refractivity contribution in [2.45, 2.75) is 20.3 Å². The number of rotatable bonds is 9. The van der Waals surface area contributed by atoms with E-state index >= 15 is 0 Å². The number of anilines is 3. The van der Waals surface area contributed by atoms with Gasteiger partial charge in [0, 0.05) is 28.7 Å². The van der Waals surface area contributed by atoms with Gasteiger partial charge >= 0.3 is 0 Å². The van der Waals surface area contributed by atoms with Gasteiger partial charge in [0.1, 0.15) is 12.1 Å². The molecule has 0 spiro atoms. The Kier molecular flexibility index (Phi) is 8.15. The van der Waals surface area contributed by atoms with E-state index in [1.165, 1.54) is 6.33 Å². The van der Waals surface area contributed by atoms with Crippen LogP contribution in [-0.4, -0.2) is 30.1 Å². The number of hydrogen-bond acceptors (Lipinski definition) is 6. The van der Waals surface area contributed by atoms with Gasteiger partial charge in [-0.15, -0.1) is 0 Å². The van der Waals surface area contributed by atoms with Crippen molar-refractivity contribution in [1.82, 2.24) is 9.97 Å². The van der Waals surface area contributed by atoms with Crippen molar-refractivity contribution in [2.75, 3.05) is 24.9 Å². The number of nitrogens with one attached hydrogen (secondary N) is 2. The highest BCUT2D eigenvalue weighted by Crippen LogP contribution is 2.31. The van der Waals surface area contributed by atoms with E-state index in [2.05, 4.69) is 27.5 Å². The molecule has 1 heterocycles. The number of nitrogens with zero attached hydrogens (tertiary/aromatic N) is 2. The summed E-state index contributed by atoms with van der Waals surface area (Å²) in [4.78, 5) is 22.1. The minimum Gasteiger partial charge on any atom is -0.493 e. The highest BCUT2D eigenvalue weighted by Gasteiger charge is 2.15. The lowest BCUT2D eigenvalue weighted by molar-refractivity contribution is -0.111. The molecule has 2 N–H and O–H groups in total. The van der Waals surface area contributed by atoms with Crippen LogP contribution in [0.1, 0.15) is 29.3 Å². The zero-order chi connectivity index (χ0) is 26.2. The first-order valence-electron chi connectivity index (χ1n) is 12.0. The number of aromatic nitrogens is 2. The summed E-state index contributed by atoms with van der Waals surface area (Å²) in [6.45, 7) is 3.97. The second-order valence-corrected chi connectivity index (χ2v) is 8.39. The van der Waals surface area contributed by atoms with Crippen LogP contribution in [-0.2, 0) is 11.2 Å². The summed E-state index contributed by atoms with van der Waals surface area (Å²) in [6, 6.07) is 22.9. The Bertz CT molecular complexity index is 1420. The van der Waals surface area contributed by atoms with Gasteiger partial charge in [-0.05, 0) is 60.4 Å². The van der Waals surface area contributed by atoms with Gasteiger partial charge in [-0.25, -0.2) is 9.97 Å². The number of ether oxygens (including phenoxy) is 2. The van der Waals surface area contributed by atoms with Crippen molar-refractivity contribution >= 4 is 34.7 Å². The quantitative estimate of drug-likeness (QED) is 0.210. The summed E-state index contributed by atoms with van der Waals surface area (Å²) in [6.07, 6.45) is 4.14. The maximum absolute atomic E-state index is 13.7. The molecule has 1 amide bonds. The van der Waals surface area contributed by atoms with Gasteiger partial charge in [-0.3, -0.25) is 4.79 Å². The van der Waals surface area contributed by atoms with Crippen LogP contribution < -0.4 is 20.1 Å². The van der Waals surface area contributed by atoms with E-state index in [-0.39, 0.29) is 5.91 Å². The molecule has 0 saturated heterocycles. The summed E-state index contributed by atoms with van der Waals surface area (Å²) in [5, 5.41) is 6.42. The standard InChI is InChI=1S/C30H30N4O3/c1-5-22-12-13-24(33-29-15-20(2)31-19-32-29)18-26(22)34-30(35)25(23-9-7-6-8-10-23)16-21-11-14-27(36-3)28(17-21)37-4/h6-19H,5H2,1-4H3,(H,34,35)(H,31,32,33)/b25-16+. The highest BCUT2D eigenvalue weighted by molar-refractivity contribution is 6.29. The molecular formula is C30H30N4O3. The largest absolute Gasteiger partial charge is 0.493 e. The normalized spacial score (nSPS) is 11.1. The lowest BCUT2D eigenvalue weighted by Crippen LogP contribution is -2.15. The Morgan fingerprint density at radius 3 is 2.41 bits per heavy atom. The number of aryl methyl sites for hydroxylation is 2. The topological polar surface area (TPSA) is 85.4 Å². The van der Waals surface area contributed by atoms with E-state index < -0.39 is 0 Å². The van der Waals surface area contributed by atoms with E-state index in [0.717, 1.165) is 40.2 Å². The average molecular weight is 495 g/mol. The van der Waals surface area contributed by atoms with Crippen LogP contribution in [0.4, 0.5) is 17.2 Å². The second-order valence-electron chi connectivity index (χ2n) is 8.39. The van der Waals surface area contributed by atoms with Gasteiger partial charge in [0.05, 0.1) is 14.2 Å². The van der Waals surface area contributed by atoms with E-state index in [0.29, 0.717) is 22.9 Å². The number of amides is 1. The molecule has 0 aliphatic heterocycles. The number of carbonyl (C=O) groups is 1. The zero-order valence-electron chi connectivity index (χ0n) is 21.4. The van der Waals surface area contributed by atoms with Crippen molar-refractivity contribution in [2.24, 2.45) is 0 Å². The van der Waals surface area contributed by atoms with Crippen LogP contribution in [0, 0.1) is 6.92 Å². The Hall–Kier alpha value is -4.65. The summed E-state index contributed by atoms with van der Waals surface area (Å²) >= 11 is 0. The number of benzene rings is 3. The minimum atomic E-state index is -0.217. The maximum atomic E-state index is 13.7. The molecular weight excluding hydrogens is 464 g/mol. The summed E-state index contributed by atoms with van der Waals surface area (Å²) < 4.78 is 10.8. The Balaban J connectivity index is 1.68. The highest BCUT2D eigenvalue weighted by atomic mass is 16.5. The third-order valence-electron chi connectivity index (χ3n) is 5.86. The van der Waals surface area contributed by atoms with Gasteiger partial charge in [0.25, 0.3) is 5.91 Å². The van der Waals surface area contributed by atoms with E-state index in [4.69, 9.17) is 9.47 Å². The number of methoxy groups -OCH3 is 2. The monoisotopic (exact) mass is 494 g/mol. The summed E-state index contributed by atoms with van der Waals surface area (Å²) in [7, 11) is 3.18. The van der Waals surface area contributed by atoms with E-state index in [1.54, 1.807) is 14.2 Å². The summed E-state index contributed by atoms with van der Waals surface area (Å²) in [5.74, 6) is 1.69. The molecule has 37 heavy (non-hydrogen) atoms. The molecule has 0 radical (unpaired) electrons. The lowest BCUT2D eigenvalue weighted by Gasteiger charge is -2.15. The van der Waals surface area contributed by atoms with E-state index in [1.807, 2.05) is 85.8 Å². The molecule has 0 aliphatic rings. The first kappa shape index (κ1) is 25.4. The van der Waals surface area contributed by atoms with Gasteiger partial charge < -0.3 is 20.1 Å². The Morgan fingerprint density at radius 1 is 0.919 bits per heavy atom.